The van der Waals surface area contributed by atoms with E-state index < -0.39 is 5.41 Å². The Hall–Kier alpha value is -10.3. The van der Waals surface area contributed by atoms with Crippen molar-refractivity contribution >= 4 is 58.4 Å². The Morgan fingerprint density at radius 1 is 0.240 bits per heavy atom. The summed E-state index contributed by atoms with van der Waals surface area (Å²) in [4.78, 5) is 4.65. The van der Waals surface area contributed by atoms with Crippen molar-refractivity contribution in [2.75, 3.05) is 9.80 Å². The SMILES string of the molecule is CCCCCCCCC1(CCCCCCCC)c2ccccc2-c2ccc(-c3ccc4c(c3)C3(c5ccccc5-4)c4cc(/C=C\c5ccc(N(c6ccccc6)c6ccccc6)cc5)ccc4-c4ccc(/C=C/c5ccc(N(c6ccccc6)c6ccccc6)cc5)cc43)cc21. The number of anilines is 6. The third-order valence-electron chi connectivity index (χ3n) is 21.0. The van der Waals surface area contributed by atoms with E-state index in [9.17, 15) is 0 Å². The zero-order valence-electron chi connectivity index (χ0n) is 55.8. The zero-order valence-corrected chi connectivity index (χ0v) is 55.8. The van der Waals surface area contributed by atoms with Crippen LogP contribution < -0.4 is 9.80 Å². The lowest BCUT2D eigenvalue weighted by Gasteiger charge is -2.33. The van der Waals surface area contributed by atoms with Gasteiger partial charge in [-0.05, 0) is 210 Å². The van der Waals surface area contributed by atoms with Gasteiger partial charge in [-0.2, -0.15) is 0 Å². The van der Waals surface area contributed by atoms with Crippen LogP contribution in [0.2, 0.25) is 0 Å². The molecule has 0 radical (unpaired) electrons. The maximum absolute atomic E-state index is 2.66. The molecule has 2 nitrogen and oxygen atoms in total. The molecule has 2 heteroatoms. The van der Waals surface area contributed by atoms with Crippen molar-refractivity contribution in [2.45, 2.75) is 115 Å². The molecule has 1 atom stereocenters. The highest BCUT2D eigenvalue weighted by molar-refractivity contribution is 5.98. The zero-order chi connectivity index (χ0) is 64.7. The second kappa shape index (κ2) is 28.0. The molecule has 0 fully saturated rings. The Morgan fingerprint density at radius 2 is 0.542 bits per heavy atom. The molecule has 1 spiro atoms. The molecule has 0 bridgehead atoms. The van der Waals surface area contributed by atoms with E-state index in [4.69, 9.17) is 0 Å². The van der Waals surface area contributed by atoms with E-state index in [2.05, 4.69) is 339 Å². The van der Waals surface area contributed by atoms with Gasteiger partial charge in [-0.1, -0.05) is 309 Å². The minimum atomic E-state index is -0.591. The number of unbranched alkanes of at least 4 members (excludes halogenated alkanes) is 10. The molecule has 1 unspecified atom stereocenters. The summed E-state index contributed by atoms with van der Waals surface area (Å²) in [6.07, 6.45) is 27.3. The van der Waals surface area contributed by atoms with E-state index >= 15 is 0 Å². The quantitative estimate of drug-likeness (QED) is 0.0416. The average Bonchev–Trinajstić information content (AvgIpc) is 1.51. The highest BCUT2D eigenvalue weighted by atomic mass is 15.1. The lowest BCUT2D eigenvalue weighted by molar-refractivity contribution is 0.398. The van der Waals surface area contributed by atoms with Gasteiger partial charge in [0, 0.05) is 39.5 Å². The third-order valence-corrected chi connectivity index (χ3v) is 21.0. The summed E-state index contributed by atoms with van der Waals surface area (Å²) in [7, 11) is 0. The van der Waals surface area contributed by atoms with Gasteiger partial charge < -0.3 is 9.80 Å². The summed E-state index contributed by atoms with van der Waals surface area (Å²) < 4.78 is 0. The predicted molar refractivity (Wildman–Crippen MR) is 410 cm³/mol. The Bertz CT molecular complexity index is 4430. The first-order valence-electron chi connectivity index (χ1n) is 35.7. The fourth-order valence-corrected chi connectivity index (χ4v) is 16.4. The van der Waals surface area contributed by atoms with Crippen LogP contribution in [0.25, 0.3) is 68.8 Å². The average molecular weight is 1240 g/mol. The Labute approximate surface area is 570 Å². The van der Waals surface area contributed by atoms with E-state index in [1.807, 2.05) is 0 Å². The Kier molecular flexibility index (Phi) is 18.0. The number of para-hydroxylation sites is 4. The van der Waals surface area contributed by atoms with E-state index in [-0.39, 0.29) is 5.41 Å². The van der Waals surface area contributed by atoms with Crippen LogP contribution in [0.15, 0.2) is 291 Å². The molecule has 0 aromatic heterocycles. The monoisotopic (exact) mass is 1240 g/mol. The Morgan fingerprint density at radius 3 is 0.979 bits per heavy atom. The molecular weight excluding hydrogens is 1160 g/mol. The van der Waals surface area contributed by atoms with Gasteiger partial charge in [-0.15, -0.1) is 0 Å². The molecule has 0 saturated heterocycles. The van der Waals surface area contributed by atoms with Crippen molar-refractivity contribution in [1.29, 1.82) is 0 Å². The van der Waals surface area contributed by atoms with Gasteiger partial charge in [0.1, 0.15) is 0 Å². The van der Waals surface area contributed by atoms with E-state index in [0.29, 0.717) is 0 Å². The highest BCUT2D eigenvalue weighted by Crippen LogP contribution is 2.64. The normalized spacial score (nSPS) is 14.4. The summed E-state index contributed by atoms with van der Waals surface area (Å²) in [5.74, 6) is 0. The van der Waals surface area contributed by atoms with E-state index in [1.165, 1.54) is 168 Å². The summed E-state index contributed by atoms with van der Waals surface area (Å²) in [5, 5.41) is 0. The summed E-state index contributed by atoms with van der Waals surface area (Å²) >= 11 is 0. The minimum Gasteiger partial charge on any atom is -0.311 e. The van der Waals surface area contributed by atoms with Gasteiger partial charge in [0.2, 0.25) is 0 Å². The Balaban J connectivity index is 0.831. The van der Waals surface area contributed by atoms with Crippen LogP contribution in [0.1, 0.15) is 159 Å². The van der Waals surface area contributed by atoms with Crippen molar-refractivity contribution in [2.24, 2.45) is 0 Å². The van der Waals surface area contributed by atoms with Crippen molar-refractivity contribution in [3.8, 4) is 44.5 Å². The first kappa shape index (κ1) is 61.9. The fraction of sp³-hybridized carbons (Fsp3) is 0.191. The van der Waals surface area contributed by atoms with Gasteiger partial charge in [-0.25, -0.2) is 0 Å². The lowest BCUT2D eigenvalue weighted by Crippen LogP contribution is -2.26. The second-order valence-electron chi connectivity index (χ2n) is 27.0. The summed E-state index contributed by atoms with van der Waals surface area (Å²) in [5.41, 5.74) is 29.9. The number of fused-ring (bicyclic) bond motifs is 13. The maximum atomic E-state index is 2.66. The van der Waals surface area contributed by atoms with Gasteiger partial charge >= 0.3 is 0 Å². The smallest absolute Gasteiger partial charge is 0.0726 e. The maximum Gasteiger partial charge on any atom is 0.0726 e. The molecule has 0 heterocycles. The van der Waals surface area contributed by atoms with Crippen LogP contribution in [0.3, 0.4) is 0 Å². The molecule has 15 rings (SSSR count). The molecule has 12 aromatic rings. The molecule has 0 saturated carbocycles. The summed E-state index contributed by atoms with van der Waals surface area (Å²) in [6, 6.07) is 109. The summed E-state index contributed by atoms with van der Waals surface area (Å²) in [6.45, 7) is 4.66. The number of nitrogens with zero attached hydrogens (tertiary/aromatic N) is 2. The van der Waals surface area contributed by atoms with Gasteiger partial charge in [-0.3, -0.25) is 0 Å². The molecule has 12 aromatic carbocycles. The van der Waals surface area contributed by atoms with Gasteiger partial charge in [0.15, 0.2) is 0 Å². The molecule has 3 aliphatic carbocycles. The minimum absolute atomic E-state index is 0.0117. The van der Waals surface area contributed by atoms with Crippen LogP contribution in [0.4, 0.5) is 34.1 Å². The first-order chi connectivity index (χ1) is 47.5. The molecule has 0 N–H and O–H groups in total. The van der Waals surface area contributed by atoms with Crippen LogP contribution >= 0.6 is 0 Å². The molecule has 96 heavy (non-hydrogen) atoms. The van der Waals surface area contributed by atoms with Crippen LogP contribution in [-0.2, 0) is 10.8 Å². The highest BCUT2D eigenvalue weighted by Gasteiger charge is 2.52. The number of hydrogen-bond donors (Lipinski definition) is 0. The van der Waals surface area contributed by atoms with E-state index in [0.717, 1.165) is 45.3 Å². The van der Waals surface area contributed by atoms with Crippen molar-refractivity contribution in [3.05, 3.63) is 347 Å². The number of benzene rings is 12. The fourth-order valence-electron chi connectivity index (χ4n) is 16.4. The van der Waals surface area contributed by atoms with E-state index in [1.54, 1.807) is 11.1 Å². The van der Waals surface area contributed by atoms with Gasteiger partial charge in [0.05, 0.1) is 5.41 Å². The number of rotatable bonds is 25. The molecule has 3 aliphatic rings. The standard InChI is InChI=1S/C94H86N2/c1-3-5-7-9-11-29-63-93(64-30-12-10-8-6-4-2)87-41-27-25-39-81(87)83-61-53-73(67-89(83)93)74-54-62-86-82-40-26-28-42-88(82)94(92(86)68-74)90-65-71(45-43-69-47-55-79(56-48-69)95(75-31-17-13-18-32-75)76-33-19-14-20-34-76)51-59-84(90)85-60-52-72(66-91(85)94)46-44-70-49-57-80(58-50-70)96(77-35-21-15-22-36-77)78-37-23-16-24-38-78/h13-28,31-62,65-68H,3-12,29-30,63-64H2,1-2H3/b45-43-,46-44+. The molecule has 472 valence electrons. The van der Waals surface area contributed by atoms with Crippen molar-refractivity contribution in [1.82, 2.24) is 0 Å². The lowest BCUT2D eigenvalue weighted by atomic mass is 9.69. The molecular formula is C94H86N2. The van der Waals surface area contributed by atoms with Crippen LogP contribution in [-0.4, -0.2) is 0 Å². The number of hydrogen-bond acceptors (Lipinski definition) is 2. The first-order valence-corrected chi connectivity index (χ1v) is 35.7. The van der Waals surface area contributed by atoms with Gasteiger partial charge in [0.25, 0.3) is 0 Å². The predicted octanol–water partition coefficient (Wildman–Crippen LogP) is 26.7. The van der Waals surface area contributed by atoms with Crippen LogP contribution in [0, 0.1) is 0 Å². The largest absolute Gasteiger partial charge is 0.311 e. The van der Waals surface area contributed by atoms with Crippen molar-refractivity contribution in [3.63, 3.8) is 0 Å². The van der Waals surface area contributed by atoms with Crippen molar-refractivity contribution < 1.29 is 0 Å². The molecule has 0 amide bonds. The third kappa shape index (κ3) is 11.9. The second-order valence-corrected chi connectivity index (χ2v) is 27.0. The molecule has 0 aliphatic heterocycles. The topological polar surface area (TPSA) is 6.48 Å². The van der Waals surface area contributed by atoms with Crippen LogP contribution in [0.5, 0.6) is 0 Å².